The minimum atomic E-state index is -6.75. The number of aliphatic hydroxyl groups excluding tert-OH is 6. The smallest absolute Gasteiger partial charge is 0.596 e. The molecule has 420 valence electrons. The lowest BCUT2D eigenvalue weighted by Crippen LogP contribution is -2.39. The monoisotopic (exact) mass is 1370 g/mol. The maximum Gasteiger partial charge on any atom is 1.02 e. The van der Waals surface area contributed by atoms with Crippen LogP contribution in [0.3, 0.4) is 0 Å². The van der Waals surface area contributed by atoms with Crippen molar-refractivity contribution in [2.24, 2.45) is 0 Å². The first kappa shape index (κ1) is 59.0. The van der Waals surface area contributed by atoms with Crippen LogP contribution >= 0.6 is 70.4 Å². The lowest BCUT2D eigenvalue weighted by atomic mass is 10.2. The minimum absolute atomic E-state index is 0.979. The van der Waals surface area contributed by atoms with Crippen molar-refractivity contribution in [2.75, 3.05) is 19.8 Å². The number of aliphatic hydroxyl groups is 6. The third-order valence-corrected chi connectivity index (χ3v) is 42.2. The van der Waals surface area contributed by atoms with Crippen LogP contribution in [-0.2, 0) is 163 Å². The van der Waals surface area contributed by atoms with E-state index in [4.69, 9.17) is 99.3 Å². The highest BCUT2D eigenvalue weighted by atomic mass is 31.3. The molecule has 0 aromatic carbocycles. The summed E-state index contributed by atoms with van der Waals surface area (Å²) in [4.78, 5) is 39.9. The number of carbonyl (C=O) groups excluding carboxylic acids is 3. The fraction of sp³-hybridized carbons (Fsp3) is 0.500. The molecule has 10 bridgehead atoms. The number of ether oxygens (including phenoxy) is 3. The first-order valence-corrected chi connectivity index (χ1v) is 39.8. The van der Waals surface area contributed by atoms with Crippen molar-refractivity contribution in [3.8, 4) is 0 Å². The lowest BCUT2D eigenvalue weighted by Gasteiger charge is -2.39. The molecule has 14 rings (SSSR count). The van der Waals surface area contributed by atoms with Crippen LogP contribution < -0.4 is 0 Å². The van der Waals surface area contributed by atoms with Gasteiger partial charge in [0, 0.05) is 0 Å². The van der Waals surface area contributed by atoms with E-state index in [-0.39, 0.29) is 0 Å². The third-order valence-electron chi connectivity index (χ3n) is 9.38. The van der Waals surface area contributed by atoms with Gasteiger partial charge in [-0.25, -0.2) is 55.5 Å². The summed E-state index contributed by atoms with van der Waals surface area (Å²) in [7, 11) is -51.7. The van der Waals surface area contributed by atoms with Gasteiger partial charge in [-0.05, 0) is 0 Å². The highest BCUT2D eigenvalue weighted by Crippen LogP contribution is 2.83. The van der Waals surface area contributed by atoms with Gasteiger partial charge < -0.3 is 113 Å². The Morgan fingerprint density at radius 3 is 1.47 bits per heavy atom. The Labute approximate surface area is 446 Å². The van der Waals surface area contributed by atoms with E-state index in [0.717, 1.165) is 0 Å². The van der Waals surface area contributed by atoms with E-state index in [0.29, 0.717) is 0 Å². The maximum absolute atomic E-state index is 15.2. The van der Waals surface area contributed by atoms with E-state index in [1.807, 2.05) is 0 Å². The van der Waals surface area contributed by atoms with E-state index in [1.165, 1.54) is 0 Å². The number of esters is 3. The Kier molecular flexibility index (Phi) is 15.9. The molecule has 0 aromatic rings. The molecule has 7 saturated heterocycles. The molecular weight excluding hydrogens is 1350 g/mol. The van der Waals surface area contributed by atoms with Crippen LogP contribution in [0.2, 0.25) is 0 Å². The molecule has 0 aliphatic carbocycles. The molecule has 77 heavy (non-hydrogen) atoms. The zero-order valence-electron chi connectivity index (χ0n) is 35.6. The highest BCUT2D eigenvalue weighted by molar-refractivity contribution is 7.73. The molecule has 14 aliphatic rings. The van der Waals surface area contributed by atoms with Crippen LogP contribution in [0.1, 0.15) is 0 Å². The SMILES string of the molecule is O=C1O[C@H]([C@@H](O)CO)C2=C1OP1(=O)[O][Al]3[O]P(=O)([O][Al]([O]P(=O)(OC4=C([O][Al]5[O]P6(=O)OC7=C([O][Al]8[O]P(=O)([O]8)OP(=O)([O]5)O6)[C@@H]([C@@H](O)CO)OC7=O)[C@@H]([C@@H](O)CO)OC4=O)OP4(=O)[O][Al]5[O]P(=O)([O]5)O4)[O]2)OP(=O)([O]3)O1. The predicted molar refractivity (Wildman–Crippen MR) is 213 cm³/mol. The zero-order chi connectivity index (χ0) is 55.3. The number of rotatable bonds is 14. The maximum atomic E-state index is 15.2. The Morgan fingerprint density at radius 2 is 0.909 bits per heavy atom. The average molecular weight is 1370 g/mol. The van der Waals surface area contributed by atoms with Crippen molar-refractivity contribution in [3.63, 3.8) is 0 Å². The number of phosphoric acid groups is 9. The Bertz CT molecular complexity index is 3140. The lowest BCUT2D eigenvalue weighted by molar-refractivity contribution is -0.148. The summed E-state index contributed by atoms with van der Waals surface area (Å²) in [5, 5.41) is 60.9. The molecule has 6 N–H and O–H groups in total. The second-order valence-corrected chi connectivity index (χ2v) is 40.9. The number of hydrogen-bond acceptors (Lipinski definition) is 45. The van der Waals surface area contributed by atoms with Crippen molar-refractivity contribution in [1.29, 1.82) is 0 Å². The average Bonchev–Trinajstić information content (AvgIpc) is 3.85. The molecule has 14 aliphatic heterocycles. The van der Waals surface area contributed by atoms with Crippen molar-refractivity contribution in [2.45, 2.75) is 36.6 Å². The molecule has 59 heteroatoms. The normalized spacial score (nSPS) is 42.0. The van der Waals surface area contributed by atoms with E-state index >= 15 is 4.57 Å². The zero-order valence-corrected chi connectivity index (χ0v) is 49.4. The van der Waals surface area contributed by atoms with Gasteiger partial charge in [0.05, 0.1) is 19.8 Å². The van der Waals surface area contributed by atoms with Gasteiger partial charge >= 0.3 is 164 Å². The molecule has 13 atom stereocenters. The van der Waals surface area contributed by atoms with Gasteiger partial charge in [-0.2, -0.15) is 25.9 Å². The summed E-state index contributed by atoms with van der Waals surface area (Å²) in [5.74, 6) is -14.2. The number of cyclic esters (lactones) is 3. The summed E-state index contributed by atoms with van der Waals surface area (Å²) in [6.07, 6.45) is -13.8. The van der Waals surface area contributed by atoms with Crippen LogP contribution in [0, 0.1) is 0 Å². The van der Waals surface area contributed by atoms with E-state index in [2.05, 4.69) is 8.62 Å². The molecule has 0 spiro atoms. The minimum Gasteiger partial charge on any atom is -0.596 e. The Hall–Kier alpha value is 0.202. The predicted octanol–water partition coefficient (Wildman–Crippen LogP) is -1.14. The molecule has 7 fully saturated rings. The summed E-state index contributed by atoms with van der Waals surface area (Å²) in [6, 6.07) is 0. The first-order valence-electron chi connectivity index (χ1n) is 19.6. The van der Waals surface area contributed by atoms with Crippen LogP contribution in [-0.4, -0.2) is 181 Å². The van der Waals surface area contributed by atoms with Crippen LogP contribution in [0.15, 0.2) is 34.6 Å². The van der Waals surface area contributed by atoms with Gasteiger partial charge in [-0.3, -0.25) is 0 Å². The van der Waals surface area contributed by atoms with Crippen LogP contribution in [0.5, 0.6) is 0 Å². The molecule has 0 aromatic heterocycles. The van der Waals surface area contributed by atoms with E-state index in [9.17, 15) is 81.5 Å². The fourth-order valence-corrected chi connectivity index (χ4v) is 39.8. The van der Waals surface area contributed by atoms with Gasteiger partial charge in [0.25, 0.3) is 17.3 Å². The van der Waals surface area contributed by atoms with Crippen LogP contribution in [0.4, 0.5) is 0 Å². The third kappa shape index (κ3) is 11.7. The largest absolute Gasteiger partial charge is 1.02 e. The van der Waals surface area contributed by atoms with Gasteiger partial charge in [0.1, 0.15) is 18.3 Å². The number of hydrogen-bond donors (Lipinski definition) is 6. The summed E-state index contributed by atoms with van der Waals surface area (Å²) in [5.41, 5.74) is 0. The quantitative estimate of drug-likeness (QED) is 0.0518. The number of carbonyl (C=O) groups is 3. The second kappa shape index (κ2) is 20.7. The molecule has 45 nitrogen and oxygen atoms in total. The second-order valence-electron chi connectivity index (χ2n) is 14.7. The molecule has 0 saturated carbocycles. The summed E-state index contributed by atoms with van der Waals surface area (Å²) in [6.45, 7) is -3.96. The van der Waals surface area contributed by atoms with Gasteiger partial charge in [0.2, 0.25) is 0 Å². The topological polar surface area (TPSA) is 575 Å². The molecule has 7 unspecified atom stereocenters. The van der Waals surface area contributed by atoms with Gasteiger partial charge in [-0.15, -0.1) is 0 Å². The summed E-state index contributed by atoms with van der Waals surface area (Å²) >= 11 is -23.0. The van der Waals surface area contributed by atoms with Gasteiger partial charge in [-0.1, -0.05) is 0 Å². The van der Waals surface area contributed by atoms with Crippen molar-refractivity contribution in [3.05, 3.63) is 34.6 Å². The van der Waals surface area contributed by atoms with E-state index < -0.39 is 255 Å². The van der Waals surface area contributed by atoms with Crippen molar-refractivity contribution in [1.82, 2.24) is 0 Å². The Balaban J connectivity index is 0.995. The molecule has 0 amide bonds. The highest BCUT2D eigenvalue weighted by Gasteiger charge is 2.74. The Morgan fingerprint density at radius 1 is 0.494 bits per heavy atom. The number of fused-ring (bicyclic) bond motifs is 4. The first-order chi connectivity index (χ1) is 35.9. The van der Waals surface area contributed by atoms with Crippen molar-refractivity contribution < 1.29 is 194 Å². The molecule has 0 radical (unpaired) electrons. The summed E-state index contributed by atoms with van der Waals surface area (Å²) < 4.78 is 259. The molecule has 14 heterocycles. The van der Waals surface area contributed by atoms with Crippen LogP contribution in [0.25, 0.3) is 0 Å². The van der Waals surface area contributed by atoms with Crippen molar-refractivity contribution >= 4 is 164 Å². The fourth-order valence-electron chi connectivity index (χ4n) is 6.41. The van der Waals surface area contributed by atoms with Gasteiger partial charge in [0.15, 0.2) is 35.6 Å². The molecular formula is C18H18Al5O45P9. The standard InChI is InChI=1S/3C6H11O15P3.5Al/c3*7-1-2(8)4-3(9)5(6(10)18-4)19-23(14,15)21-24(16,17)20-22(11,12)13;;;;;/h3*2,4,7-9H,1H2,(H,14,15)(H,16,17)(H2,11,12,13);;;;;/q;;;5*+3/p-15/t3*2-,4+;;;;;/m000...../s1. The van der Waals surface area contributed by atoms with E-state index in [1.54, 1.807) is 0 Å².